The van der Waals surface area contributed by atoms with Crippen molar-refractivity contribution < 1.29 is 13.9 Å². The summed E-state index contributed by atoms with van der Waals surface area (Å²) in [6.07, 6.45) is 11.5. The smallest absolute Gasteiger partial charge is 0.232 e. The summed E-state index contributed by atoms with van der Waals surface area (Å²) in [6.45, 7) is 14.7. The molecule has 0 bridgehead atoms. The Hall–Kier alpha value is -1.59. The lowest BCUT2D eigenvalue weighted by Gasteiger charge is -2.47. The van der Waals surface area contributed by atoms with Gasteiger partial charge in [0.1, 0.15) is 11.8 Å². The number of carbonyl (C=O) groups excluding carboxylic acids is 1. The Balaban J connectivity index is 1.63. The molecule has 44 heavy (non-hydrogen) atoms. The first-order chi connectivity index (χ1) is 21.1. The zero-order chi connectivity index (χ0) is 31.9. The number of amides is 1. The van der Waals surface area contributed by atoms with E-state index in [1.54, 1.807) is 0 Å². The molecule has 9 nitrogen and oxygen atoms in total. The molecule has 4 rings (SSSR count). The second-order valence-electron chi connectivity index (χ2n) is 14.2. The molecule has 4 heterocycles. The lowest BCUT2D eigenvalue weighted by atomic mass is 9.65. The van der Waals surface area contributed by atoms with Crippen LogP contribution in [0, 0.1) is 23.2 Å². The number of halogens is 1. The molecule has 10 heteroatoms. The molecule has 1 amide bonds. The number of nitrogens with two attached hydrogens (primary N) is 2. The van der Waals surface area contributed by atoms with E-state index in [9.17, 15) is 4.79 Å². The summed E-state index contributed by atoms with van der Waals surface area (Å²) < 4.78 is 22.4. The van der Waals surface area contributed by atoms with Gasteiger partial charge in [0.2, 0.25) is 5.91 Å². The van der Waals surface area contributed by atoms with E-state index in [1.165, 1.54) is 6.21 Å². The molecule has 0 aliphatic carbocycles. The number of hydrogen-bond donors (Lipinski definition) is 5. The second-order valence-corrected chi connectivity index (χ2v) is 14.2. The number of rotatable bonds is 14. The molecule has 2 fully saturated rings. The molecular formula is C34H62FN7O2. The van der Waals surface area contributed by atoms with Gasteiger partial charge in [-0.05, 0) is 42.9 Å². The minimum Gasteiger partial charge on any atom is -0.389 e. The first-order valence-corrected chi connectivity index (χ1v) is 17.7. The van der Waals surface area contributed by atoms with E-state index in [1.807, 2.05) is 6.20 Å². The Bertz CT molecular complexity index is 983. The van der Waals surface area contributed by atoms with E-state index in [0.717, 1.165) is 89.7 Å². The van der Waals surface area contributed by atoms with E-state index in [-0.39, 0.29) is 29.3 Å². The molecule has 0 saturated carbocycles. The molecule has 9 atom stereocenters. The Morgan fingerprint density at radius 3 is 2.68 bits per heavy atom. The Morgan fingerprint density at radius 1 is 1.23 bits per heavy atom. The SMILES string of the molecule is CCCCC(CC)C1(O[C@H]2CC3NCCN3C2)CCNC=C1NC(=O)C(C(N)N)C1CC(C)(CC)[C@H](CCC)CC(F)C=N1. The summed E-state index contributed by atoms with van der Waals surface area (Å²) >= 11 is 0. The van der Waals surface area contributed by atoms with Crippen LogP contribution in [-0.4, -0.2) is 79.5 Å². The number of nitrogens with zero attached hydrogens (tertiary/aromatic N) is 2. The monoisotopic (exact) mass is 619 g/mol. The van der Waals surface area contributed by atoms with Crippen LogP contribution in [-0.2, 0) is 9.53 Å². The third kappa shape index (κ3) is 7.85. The standard InChI is InChI=1S/C34H62FN7O2/c1-6-10-12-23(8-3)34(44-26-18-29-39-15-16-42(29)22-26)13-14-38-21-28(34)41-32(43)30(31(36)37)27-19-33(5,9-4)24(11-7-2)17-25(35)20-40-27/h20-21,23-27,29-31,38-39H,6-19,22,36-37H2,1-5H3,(H,41,43)/t23?,24-,25?,26+,27?,29?,30?,33?,34?/m1/s1. The first-order valence-electron chi connectivity index (χ1n) is 17.7. The zero-order valence-electron chi connectivity index (χ0n) is 28.1. The number of unbranched alkanes of at least 4 members (excludes halogenated alkanes) is 1. The van der Waals surface area contributed by atoms with Crippen molar-refractivity contribution in [2.24, 2.45) is 39.6 Å². The molecule has 0 aromatic carbocycles. The van der Waals surface area contributed by atoms with E-state index in [2.05, 4.69) is 60.5 Å². The van der Waals surface area contributed by atoms with Crippen LogP contribution in [0.15, 0.2) is 16.9 Å². The maximum absolute atomic E-state index is 15.1. The minimum absolute atomic E-state index is 0.0758. The molecule has 4 aliphatic rings. The van der Waals surface area contributed by atoms with Gasteiger partial charge in [0.15, 0.2) is 0 Å². The highest BCUT2D eigenvalue weighted by Crippen LogP contribution is 2.45. The van der Waals surface area contributed by atoms with E-state index >= 15 is 4.39 Å². The summed E-state index contributed by atoms with van der Waals surface area (Å²) in [6, 6.07) is -0.513. The number of hydrogen-bond acceptors (Lipinski definition) is 8. The summed E-state index contributed by atoms with van der Waals surface area (Å²) in [5, 5.41) is 10.3. The van der Waals surface area contributed by atoms with Gasteiger partial charge in [0, 0.05) is 45.0 Å². The molecule has 0 aromatic rings. The lowest BCUT2D eigenvalue weighted by Crippen LogP contribution is -2.58. The van der Waals surface area contributed by atoms with E-state index < -0.39 is 29.9 Å². The Morgan fingerprint density at radius 2 is 2.02 bits per heavy atom. The predicted molar refractivity (Wildman–Crippen MR) is 177 cm³/mol. The summed E-state index contributed by atoms with van der Waals surface area (Å²) in [5.74, 6) is -0.618. The first kappa shape index (κ1) is 35.3. The van der Waals surface area contributed by atoms with Gasteiger partial charge in [0.25, 0.3) is 0 Å². The van der Waals surface area contributed by atoms with Gasteiger partial charge >= 0.3 is 0 Å². The van der Waals surface area contributed by atoms with Gasteiger partial charge < -0.3 is 32.2 Å². The van der Waals surface area contributed by atoms with Gasteiger partial charge in [-0.1, -0.05) is 73.1 Å². The summed E-state index contributed by atoms with van der Waals surface area (Å²) in [5.41, 5.74) is 12.8. The van der Waals surface area contributed by atoms with Crippen molar-refractivity contribution in [3.8, 4) is 0 Å². The number of ether oxygens (including phenoxy) is 1. The topological polar surface area (TPSA) is 130 Å². The van der Waals surface area contributed by atoms with Gasteiger partial charge in [-0.3, -0.25) is 14.7 Å². The summed E-state index contributed by atoms with van der Waals surface area (Å²) in [7, 11) is 0. The van der Waals surface area contributed by atoms with Crippen molar-refractivity contribution in [3.05, 3.63) is 11.9 Å². The van der Waals surface area contributed by atoms with Crippen LogP contribution in [0.25, 0.3) is 0 Å². The maximum atomic E-state index is 15.1. The largest absolute Gasteiger partial charge is 0.389 e. The molecule has 7 unspecified atom stereocenters. The molecule has 0 spiro atoms. The Kier molecular flexibility index (Phi) is 12.7. The van der Waals surface area contributed by atoms with Crippen molar-refractivity contribution in [1.82, 2.24) is 20.9 Å². The van der Waals surface area contributed by atoms with Crippen LogP contribution < -0.4 is 27.4 Å². The molecule has 0 radical (unpaired) electrons. The van der Waals surface area contributed by atoms with Crippen LogP contribution in [0.4, 0.5) is 4.39 Å². The van der Waals surface area contributed by atoms with Crippen molar-refractivity contribution in [2.75, 3.05) is 26.2 Å². The third-order valence-electron chi connectivity index (χ3n) is 11.4. The number of nitrogens with one attached hydrogen (secondary N) is 3. The van der Waals surface area contributed by atoms with Crippen molar-refractivity contribution in [2.45, 2.75) is 141 Å². The van der Waals surface area contributed by atoms with Gasteiger partial charge in [-0.25, -0.2) is 4.39 Å². The number of fused-ring (bicyclic) bond motifs is 1. The van der Waals surface area contributed by atoms with Crippen molar-refractivity contribution >= 4 is 12.1 Å². The number of carbonyl (C=O) groups is 1. The van der Waals surface area contributed by atoms with E-state index in [4.69, 9.17) is 16.2 Å². The maximum Gasteiger partial charge on any atom is 0.232 e. The highest BCUT2D eigenvalue weighted by atomic mass is 19.1. The molecule has 2 saturated heterocycles. The fourth-order valence-corrected chi connectivity index (χ4v) is 8.58. The van der Waals surface area contributed by atoms with Gasteiger partial charge in [0.05, 0.1) is 36.1 Å². The molecule has 4 aliphatic heterocycles. The number of aliphatic imine (C=N–C) groups is 1. The van der Waals surface area contributed by atoms with Crippen LogP contribution >= 0.6 is 0 Å². The van der Waals surface area contributed by atoms with Crippen LogP contribution in [0.5, 0.6) is 0 Å². The van der Waals surface area contributed by atoms with Gasteiger partial charge in [-0.15, -0.1) is 0 Å². The van der Waals surface area contributed by atoms with Crippen LogP contribution in [0.3, 0.4) is 0 Å². The van der Waals surface area contributed by atoms with Crippen molar-refractivity contribution in [3.63, 3.8) is 0 Å². The Labute approximate surface area is 265 Å². The highest BCUT2D eigenvalue weighted by molar-refractivity contribution is 5.82. The highest BCUT2D eigenvalue weighted by Gasteiger charge is 2.49. The van der Waals surface area contributed by atoms with Crippen LogP contribution in [0.2, 0.25) is 0 Å². The van der Waals surface area contributed by atoms with Crippen molar-refractivity contribution in [1.29, 1.82) is 0 Å². The van der Waals surface area contributed by atoms with E-state index in [0.29, 0.717) is 19.0 Å². The quantitative estimate of drug-likeness (QED) is 0.185. The number of alkyl halides is 1. The molecule has 0 aromatic heterocycles. The average Bonchev–Trinajstić information content (AvgIpc) is 3.58. The lowest BCUT2D eigenvalue weighted by molar-refractivity contribution is -0.132. The minimum atomic E-state index is -1.15. The fraction of sp³-hybridized carbons (Fsp3) is 0.882. The fourth-order valence-electron chi connectivity index (χ4n) is 8.58. The molecule has 7 N–H and O–H groups in total. The average molecular weight is 620 g/mol. The van der Waals surface area contributed by atoms with Gasteiger partial charge in [-0.2, -0.15) is 0 Å². The molecule has 252 valence electrons. The second kappa shape index (κ2) is 15.8. The normalized spacial score (nSPS) is 35.8. The molecular weight excluding hydrogens is 557 g/mol. The predicted octanol–water partition coefficient (Wildman–Crippen LogP) is 4.18. The summed E-state index contributed by atoms with van der Waals surface area (Å²) in [4.78, 5) is 21.5. The third-order valence-corrected chi connectivity index (χ3v) is 11.4. The zero-order valence-corrected chi connectivity index (χ0v) is 28.1. The van der Waals surface area contributed by atoms with Crippen LogP contribution in [0.1, 0.15) is 105 Å².